The molecule has 224 valence electrons. The van der Waals surface area contributed by atoms with Crippen LogP contribution in [0.4, 0.5) is 15.8 Å². The summed E-state index contributed by atoms with van der Waals surface area (Å²) in [6.45, 7) is 5.52. The van der Waals surface area contributed by atoms with Crippen molar-refractivity contribution >= 4 is 39.2 Å². The normalized spacial score (nSPS) is 11.5. The maximum absolute atomic E-state index is 14.7. The number of fused-ring (bicyclic) bond motifs is 2. The number of benzene rings is 3. The fourth-order valence-electron chi connectivity index (χ4n) is 5.37. The molecule has 0 saturated carbocycles. The lowest BCUT2D eigenvalue weighted by Gasteiger charge is -2.12. The first-order valence-corrected chi connectivity index (χ1v) is 14.7. The van der Waals surface area contributed by atoms with E-state index in [-0.39, 0.29) is 11.7 Å². The highest BCUT2D eigenvalue weighted by Gasteiger charge is 2.17. The number of halogens is 1. The highest BCUT2D eigenvalue weighted by Crippen LogP contribution is 2.34. The Bertz CT molecular complexity index is 1980. The minimum absolute atomic E-state index is 0.00502. The number of rotatable bonds is 10. The molecular formula is C34H35FN8O. The first kappa shape index (κ1) is 29.0. The molecule has 0 saturated heterocycles. The van der Waals surface area contributed by atoms with Crippen LogP contribution in [0.15, 0.2) is 67.0 Å². The first-order valence-electron chi connectivity index (χ1n) is 14.7. The molecule has 0 spiro atoms. The van der Waals surface area contributed by atoms with Crippen molar-refractivity contribution in [2.24, 2.45) is 0 Å². The number of aromatic amines is 2. The van der Waals surface area contributed by atoms with E-state index in [2.05, 4.69) is 47.8 Å². The fourth-order valence-corrected chi connectivity index (χ4v) is 5.37. The van der Waals surface area contributed by atoms with Gasteiger partial charge in [-0.05, 0) is 92.2 Å². The van der Waals surface area contributed by atoms with Gasteiger partial charge in [-0.2, -0.15) is 5.10 Å². The second kappa shape index (κ2) is 12.3. The number of aryl methyl sites for hydroxylation is 1. The number of H-pyrrole nitrogens is 2. The van der Waals surface area contributed by atoms with E-state index >= 15 is 0 Å². The first-order chi connectivity index (χ1) is 21.3. The summed E-state index contributed by atoms with van der Waals surface area (Å²) < 4.78 is 14.7. The number of imidazole rings is 1. The zero-order chi connectivity index (χ0) is 30.8. The van der Waals surface area contributed by atoms with Crippen molar-refractivity contribution in [1.82, 2.24) is 30.0 Å². The van der Waals surface area contributed by atoms with Crippen LogP contribution in [0.3, 0.4) is 0 Å². The molecule has 0 radical (unpaired) electrons. The number of anilines is 2. The topological polar surface area (TPSA) is 115 Å². The summed E-state index contributed by atoms with van der Waals surface area (Å²) in [5.41, 5.74) is 8.84. The van der Waals surface area contributed by atoms with E-state index in [0.29, 0.717) is 41.3 Å². The van der Waals surface area contributed by atoms with Gasteiger partial charge in [-0.25, -0.2) is 9.37 Å². The molecule has 3 aromatic carbocycles. The van der Waals surface area contributed by atoms with Gasteiger partial charge in [0.1, 0.15) is 11.5 Å². The molecular weight excluding hydrogens is 555 g/mol. The average molecular weight is 591 g/mol. The van der Waals surface area contributed by atoms with Crippen LogP contribution in [0, 0.1) is 12.7 Å². The van der Waals surface area contributed by atoms with Gasteiger partial charge in [-0.1, -0.05) is 19.1 Å². The Hall–Kier alpha value is -5.09. The number of hydrogen-bond acceptors (Lipinski definition) is 6. The summed E-state index contributed by atoms with van der Waals surface area (Å²) >= 11 is 0. The van der Waals surface area contributed by atoms with Crippen LogP contribution in [0.2, 0.25) is 0 Å². The third kappa shape index (κ3) is 6.16. The molecule has 0 aliphatic carbocycles. The van der Waals surface area contributed by atoms with Gasteiger partial charge in [0, 0.05) is 48.0 Å². The van der Waals surface area contributed by atoms with Gasteiger partial charge in [0.25, 0.3) is 0 Å². The second-order valence-electron chi connectivity index (χ2n) is 11.3. The predicted octanol–water partition coefficient (Wildman–Crippen LogP) is 6.99. The van der Waals surface area contributed by atoms with Crippen molar-refractivity contribution in [3.63, 3.8) is 0 Å². The van der Waals surface area contributed by atoms with E-state index in [1.165, 1.54) is 12.1 Å². The molecule has 0 aliphatic heterocycles. The fraction of sp³-hybridized carbons (Fsp3) is 0.235. The Morgan fingerprint density at radius 1 is 0.955 bits per heavy atom. The summed E-state index contributed by atoms with van der Waals surface area (Å²) in [5.74, 6) is 0.248. The molecule has 6 aromatic rings. The van der Waals surface area contributed by atoms with Crippen molar-refractivity contribution < 1.29 is 9.18 Å². The number of nitrogens with zero attached hydrogens (tertiary/aromatic N) is 4. The third-order valence-electron chi connectivity index (χ3n) is 7.45. The molecule has 0 unspecified atom stereocenters. The molecule has 3 aromatic heterocycles. The second-order valence-corrected chi connectivity index (χ2v) is 11.3. The van der Waals surface area contributed by atoms with Gasteiger partial charge in [-0.3, -0.25) is 14.9 Å². The molecule has 6 rings (SSSR count). The van der Waals surface area contributed by atoms with E-state index in [9.17, 15) is 9.18 Å². The van der Waals surface area contributed by atoms with Crippen molar-refractivity contribution in [3.8, 4) is 33.8 Å². The smallest absolute Gasteiger partial charge is 0.224 e. The van der Waals surface area contributed by atoms with Crippen LogP contribution in [0.1, 0.15) is 25.3 Å². The van der Waals surface area contributed by atoms with Crippen molar-refractivity contribution in [2.75, 3.05) is 37.8 Å². The van der Waals surface area contributed by atoms with E-state index in [1.54, 1.807) is 12.4 Å². The molecule has 44 heavy (non-hydrogen) atoms. The monoisotopic (exact) mass is 590 g/mol. The number of carbonyl (C=O) groups excluding carboxylic acids is 1. The molecule has 0 bridgehead atoms. The summed E-state index contributed by atoms with van der Waals surface area (Å²) in [6.07, 6.45) is 4.70. The minimum atomic E-state index is -0.335. The molecule has 0 atom stereocenters. The quantitative estimate of drug-likeness (QED) is 0.137. The zero-order valence-corrected chi connectivity index (χ0v) is 25.3. The van der Waals surface area contributed by atoms with Gasteiger partial charge in [0.2, 0.25) is 5.91 Å². The van der Waals surface area contributed by atoms with Crippen LogP contribution in [0.25, 0.3) is 55.7 Å². The van der Waals surface area contributed by atoms with Crippen LogP contribution in [-0.2, 0) is 4.79 Å². The number of amides is 1. The Labute approximate surface area is 254 Å². The van der Waals surface area contributed by atoms with E-state index < -0.39 is 0 Å². The van der Waals surface area contributed by atoms with Gasteiger partial charge in [-0.15, -0.1) is 0 Å². The molecule has 10 heteroatoms. The zero-order valence-electron chi connectivity index (χ0n) is 25.3. The summed E-state index contributed by atoms with van der Waals surface area (Å²) in [7, 11) is 4.00. The lowest BCUT2D eigenvalue weighted by atomic mass is 10.0. The Morgan fingerprint density at radius 3 is 2.61 bits per heavy atom. The largest absolute Gasteiger partial charge is 0.384 e. The number of nitrogens with one attached hydrogen (secondary N) is 4. The standard InChI is InChI=1S/C34H35FN8O/c1-5-6-31(44)38-26-12-20(2)11-22(14-26)21-7-8-29-27(16-21)33(42-41-29)34-39-30-19-36-18-28(32(30)40-34)23-13-24(35)17-25(15-23)37-9-10-43(3)4/h7-8,11-19,37H,5-6,9-10H2,1-4H3,(H,38,44)(H,39,40)(H,41,42). The summed E-state index contributed by atoms with van der Waals surface area (Å²) in [5, 5.41) is 14.9. The lowest BCUT2D eigenvalue weighted by Crippen LogP contribution is -2.20. The Balaban J connectivity index is 1.36. The lowest BCUT2D eigenvalue weighted by molar-refractivity contribution is -0.116. The van der Waals surface area contributed by atoms with Gasteiger partial charge in [0.05, 0.1) is 22.7 Å². The van der Waals surface area contributed by atoms with Crippen LogP contribution in [-0.4, -0.2) is 63.1 Å². The van der Waals surface area contributed by atoms with Gasteiger partial charge < -0.3 is 20.5 Å². The molecule has 0 fully saturated rings. The van der Waals surface area contributed by atoms with Crippen molar-refractivity contribution in [1.29, 1.82) is 0 Å². The molecule has 1 amide bonds. The van der Waals surface area contributed by atoms with Crippen LogP contribution >= 0.6 is 0 Å². The van der Waals surface area contributed by atoms with Crippen molar-refractivity contribution in [2.45, 2.75) is 26.7 Å². The molecule has 3 heterocycles. The molecule has 9 nitrogen and oxygen atoms in total. The summed E-state index contributed by atoms with van der Waals surface area (Å²) in [6, 6.07) is 17.1. The minimum Gasteiger partial charge on any atom is -0.384 e. The average Bonchev–Trinajstić information content (AvgIpc) is 3.60. The highest BCUT2D eigenvalue weighted by molar-refractivity contribution is 5.98. The van der Waals surface area contributed by atoms with E-state index in [1.807, 2.05) is 58.3 Å². The van der Waals surface area contributed by atoms with Crippen molar-refractivity contribution in [3.05, 3.63) is 78.4 Å². The van der Waals surface area contributed by atoms with E-state index in [0.717, 1.165) is 57.3 Å². The highest BCUT2D eigenvalue weighted by atomic mass is 19.1. The predicted molar refractivity (Wildman–Crippen MR) is 175 cm³/mol. The number of pyridine rings is 1. The maximum Gasteiger partial charge on any atom is 0.224 e. The molecule has 4 N–H and O–H groups in total. The summed E-state index contributed by atoms with van der Waals surface area (Å²) in [4.78, 5) is 27.0. The van der Waals surface area contributed by atoms with Crippen LogP contribution in [0.5, 0.6) is 0 Å². The Morgan fingerprint density at radius 2 is 1.80 bits per heavy atom. The van der Waals surface area contributed by atoms with Crippen LogP contribution < -0.4 is 10.6 Å². The van der Waals surface area contributed by atoms with Gasteiger partial charge in [0.15, 0.2) is 5.82 Å². The van der Waals surface area contributed by atoms with E-state index in [4.69, 9.17) is 4.98 Å². The number of carbonyl (C=O) groups is 1. The van der Waals surface area contributed by atoms with Gasteiger partial charge >= 0.3 is 0 Å². The SMILES string of the molecule is CCCC(=O)Nc1cc(C)cc(-c2ccc3[nH]nc(-c4nc5c(-c6cc(F)cc(NCCN(C)C)c6)cncc5[nH]4)c3c2)c1. The third-order valence-corrected chi connectivity index (χ3v) is 7.45. The number of hydrogen-bond donors (Lipinski definition) is 4. The Kier molecular flexibility index (Phi) is 8.08. The molecule has 0 aliphatic rings. The maximum atomic E-state index is 14.7. The number of aromatic nitrogens is 5. The number of likely N-dealkylation sites (N-methyl/N-ethyl adjacent to an activating group) is 1.